The minimum atomic E-state index is -0.496. The van der Waals surface area contributed by atoms with Gasteiger partial charge in [0.25, 0.3) is 0 Å². The molecule has 1 aromatic carbocycles. The van der Waals surface area contributed by atoms with E-state index in [1.165, 1.54) is 11.8 Å². The first-order chi connectivity index (χ1) is 8.99. The van der Waals surface area contributed by atoms with Crippen LogP contribution in [0.1, 0.15) is 19.4 Å². The molecule has 1 rings (SSSR count). The predicted octanol–water partition coefficient (Wildman–Crippen LogP) is 1.18. The number of likely N-dealkylation sites (N-methyl/N-ethyl adjacent to an activating group) is 1. The molecule has 0 fully saturated rings. The van der Waals surface area contributed by atoms with Gasteiger partial charge in [0, 0.05) is 20.5 Å². The summed E-state index contributed by atoms with van der Waals surface area (Å²) in [6.45, 7) is 3.57. The number of carbonyl (C=O) groups is 2. The monoisotopic (exact) mass is 264 g/mol. The van der Waals surface area contributed by atoms with E-state index in [4.69, 9.17) is 4.74 Å². The van der Waals surface area contributed by atoms with E-state index in [2.05, 4.69) is 5.32 Å². The van der Waals surface area contributed by atoms with Gasteiger partial charge in [0.05, 0.1) is 7.11 Å². The summed E-state index contributed by atoms with van der Waals surface area (Å²) in [5.41, 5.74) is 0.951. The van der Waals surface area contributed by atoms with Gasteiger partial charge >= 0.3 is 0 Å². The molecule has 19 heavy (non-hydrogen) atoms. The van der Waals surface area contributed by atoms with Crippen LogP contribution < -0.4 is 10.1 Å². The first-order valence-corrected chi connectivity index (χ1v) is 6.11. The van der Waals surface area contributed by atoms with Gasteiger partial charge in [-0.15, -0.1) is 0 Å². The Morgan fingerprint density at radius 2 is 1.89 bits per heavy atom. The number of benzene rings is 1. The molecule has 5 heteroatoms. The van der Waals surface area contributed by atoms with Crippen molar-refractivity contribution in [3.8, 4) is 5.75 Å². The highest BCUT2D eigenvalue weighted by molar-refractivity contribution is 5.86. The molecule has 0 heterocycles. The predicted molar refractivity (Wildman–Crippen MR) is 72.7 cm³/mol. The molecule has 0 bridgehead atoms. The highest BCUT2D eigenvalue weighted by Gasteiger charge is 2.22. The van der Waals surface area contributed by atoms with E-state index in [9.17, 15) is 9.59 Å². The number of hydrogen-bond donors (Lipinski definition) is 1. The maximum absolute atomic E-state index is 11.7. The van der Waals surface area contributed by atoms with Crippen LogP contribution in [0.15, 0.2) is 24.3 Å². The van der Waals surface area contributed by atoms with Crippen molar-refractivity contribution in [3.05, 3.63) is 29.8 Å². The molecule has 0 aliphatic heterocycles. The van der Waals surface area contributed by atoms with Crippen molar-refractivity contribution < 1.29 is 14.3 Å². The molecule has 0 aromatic heterocycles. The van der Waals surface area contributed by atoms with E-state index in [0.29, 0.717) is 6.54 Å². The molecule has 0 aliphatic rings. The Morgan fingerprint density at radius 1 is 1.32 bits per heavy atom. The number of hydrogen-bond acceptors (Lipinski definition) is 3. The number of rotatable bonds is 5. The molecule has 0 aliphatic carbocycles. The van der Waals surface area contributed by atoms with Crippen molar-refractivity contribution in [2.75, 3.05) is 14.2 Å². The zero-order valence-corrected chi connectivity index (χ0v) is 11.8. The smallest absolute Gasteiger partial charge is 0.242 e. The lowest BCUT2D eigenvalue weighted by Gasteiger charge is -2.27. The zero-order chi connectivity index (χ0) is 14.4. The van der Waals surface area contributed by atoms with Crippen LogP contribution >= 0.6 is 0 Å². The summed E-state index contributed by atoms with van der Waals surface area (Å²) in [6, 6.07) is 6.93. The Hall–Kier alpha value is -2.04. The van der Waals surface area contributed by atoms with Crippen molar-refractivity contribution in [1.82, 2.24) is 10.2 Å². The van der Waals surface area contributed by atoms with Gasteiger partial charge in [-0.1, -0.05) is 12.1 Å². The van der Waals surface area contributed by atoms with Gasteiger partial charge in [-0.25, -0.2) is 0 Å². The molecule has 1 aromatic rings. The standard InChI is InChI=1S/C14H20N2O3/c1-10(14(18)15-3)16(11(2)17)9-12-5-7-13(19-4)8-6-12/h5-8,10H,9H2,1-4H3,(H,15,18)/t10-/m1/s1. The lowest BCUT2D eigenvalue weighted by molar-refractivity contribution is -0.138. The molecule has 0 spiro atoms. The van der Waals surface area contributed by atoms with Gasteiger partial charge in [-0.3, -0.25) is 9.59 Å². The van der Waals surface area contributed by atoms with Gasteiger partial charge in [0.15, 0.2) is 0 Å². The van der Waals surface area contributed by atoms with Crippen LogP contribution in [-0.4, -0.2) is 36.9 Å². The lowest BCUT2D eigenvalue weighted by Crippen LogP contribution is -2.45. The zero-order valence-electron chi connectivity index (χ0n) is 11.8. The molecule has 0 unspecified atom stereocenters. The number of methoxy groups -OCH3 is 1. The van der Waals surface area contributed by atoms with Crippen LogP contribution in [0.25, 0.3) is 0 Å². The summed E-state index contributed by atoms with van der Waals surface area (Å²) in [6.07, 6.45) is 0. The molecule has 0 radical (unpaired) electrons. The Bertz CT molecular complexity index is 443. The van der Waals surface area contributed by atoms with Gasteiger partial charge in [0.1, 0.15) is 11.8 Å². The van der Waals surface area contributed by atoms with Crippen molar-refractivity contribution in [3.63, 3.8) is 0 Å². The van der Waals surface area contributed by atoms with Crippen LogP contribution in [-0.2, 0) is 16.1 Å². The second kappa shape index (κ2) is 6.78. The summed E-state index contributed by atoms with van der Waals surface area (Å²) in [5, 5.41) is 2.55. The van der Waals surface area contributed by atoms with Gasteiger partial charge in [-0.2, -0.15) is 0 Å². The van der Waals surface area contributed by atoms with Crippen LogP contribution in [0.3, 0.4) is 0 Å². The van der Waals surface area contributed by atoms with Crippen molar-refractivity contribution in [2.45, 2.75) is 26.4 Å². The van der Waals surface area contributed by atoms with Crippen LogP contribution in [0.5, 0.6) is 5.75 Å². The third kappa shape index (κ3) is 3.98. The van der Waals surface area contributed by atoms with Crippen molar-refractivity contribution in [2.24, 2.45) is 0 Å². The van der Waals surface area contributed by atoms with Crippen LogP contribution in [0.4, 0.5) is 0 Å². The third-order valence-electron chi connectivity index (χ3n) is 3.01. The summed E-state index contributed by atoms with van der Waals surface area (Å²) < 4.78 is 5.08. The van der Waals surface area contributed by atoms with E-state index in [1.807, 2.05) is 24.3 Å². The van der Waals surface area contributed by atoms with Crippen molar-refractivity contribution in [1.29, 1.82) is 0 Å². The van der Waals surface area contributed by atoms with Gasteiger partial charge in [-0.05, 0) is 24.6 Å². The van der Waals surface area contributed by atoms with E-state index in [1.54, 1.807) is 21.1 Å². The molecular weight excluding hydrogens is 244 g/mol. The fourth-order valence-corrected chi connectivity index (χ4v) is 1.80. The highest BCUT2D eigenvalue weighted by Crippen LogP contribution is 2.14. The average molecular weight is 264 g/mol. The van der Waals surface area contributed by atoms with Crippen LogP contribution in [0, 0.1) is 0 Å². The molecule has 0 saturated carbocycles. The van der Waals surface area contributed by atoms with E-state index >= 15 is 0 Å². The number of ether oxygens (including phenoxy) is 1. The summed E-state index contributed by atoms with van der Waals surface area (Å²) in [5.74, 6) is 0.452. The number of nitrogens with one attached hydrogen (secondary N) is 1. The van der Waals surface area contributed by atoms with Gasteiger partial charge < -0.3 is 15.0 Å². The minimum absolute atomic E-state index is 0.132. The Balaban J connectivity index is 2.83. The van der Waals surface area contributed by atoms with E-state index < -0.39 is 6.04 Å². The number of nitrogens with zero attached hydrogens (tertiary/aromatic N) is 1. The SMILES string of the molecule is CNC(=O)[C@@H](C)N(Cc1ccc(OC)cc1)C(C)=O. The number of amides is 2. The van der Waals surface area contributed by atoms with Crippen LogP contribution in [0.2, 0.25) is 0 Å². The third-order valence-corrected chi connectivity index (χ3v) is 3.01. The summed E-state index contributed by atoms with van der Waals surface area (Å²) in [4.78, 5) is 24.8. The molecule has 1 N–H and O–H groups in total. The lowest BCUT2D eigenvalue weighted by atomic mass is 10.1. The maximum Gasteiger partial charge on any atom is 0.242 e. The minimum Gasteiger partial charge on any atom is -0.497 e. The second-order valence-electron chi connectivity index (χ2n) is 4.29. The second-order valence-corrected chi connectivity index (χ2v) is 4.29. The summed E-state index contributed by atoms with van der Waals surface area (Å²) >= 11 is 0. The first kappa shape index (κ1) is 15.0. The molecule has 0 saturated heterocycles. The first-order valence-electron chi connectivity index (χ1n) is 6.11. The summed E-state index contributed by atoms with van der Waals surface area (Å²) in [7, 11) is 3.16. The Morgan fingerprint density at radius 3 is 2.32 bits per heavy atom. The molecule has 2 amide bonds. The molecular formula is C14H20N2O3. The molecule has 104 valence electrons. The largest absolute Gasteiger partial charge is 0.497 e. The average Bonchev–Trinajstić information content (AvgIpc) is 2.43. The van der Waals surface area contributed by atoms with Crippen molar-refractivity contribution >= 4 is 11.8 Å². The molecule has 1 atom stereocenters. The Labute approximate surface area is 113 Å². The normalized spacial score (nSPS) is 11.6. The van der Waals surface area contributed by atoms with E-state index in [0.717, 1.165) is 11.3 Å². The van der Waals surface area contributed by atoms with E-state index in [-0.39, 0.29) is 11.8 Å². The maximum atomic E-state index is 11.7. The van der Waals surface area contributed by atoms with Gasteiger partial charge in [0.2, 0.25) is 11.8 Å². The quantitative estimate of drug-likeness (QED) is 0.868. The Kier molecular flexibility index (Phi) is 5.36. The highest BCUT2D eigenvalue weighted by atomic mass is 16.5. The fourth-order valence-electron chi connectivity index (χ4n) is 1.80. The topological polar surface area (TPSA) is 58.6 Å². The molecule has 5 nitrogen and oxygen atoms in total. The fraction of sp³-hybridized carbons (Fsp3) is 0.429. The number of carbonyl (C=O) groups excluding carboxylic acids is 2.